The summed E-state index contributed by atoms with van der Waals surface area (Å²) in [6.07, 6.45) is 0. The Morgan fingerprint density at radius 3 is 2.30 bits per heavy atom. The second-order valence-corrected chi connectivity index (χ2v) is 2.86. The van der Waals surface area contributed by atoms with Crippen molar-refractivity contribution in [3.63, 3.8) is 0 Å². The Labute approximate surface area is 62.7 Å². The number of hydrogen-bond acceptors (Lipinski definition) is 3. The van der Waals surface area contributed by atoms with Crippen molar-refractivity contribution in [3.05, 3.63) is 0 Å². The predicted octanol–water partition coefficient (Wildman–Crippen LogP) is -0.0550. The first-order chi connectivity index (χ1) is 4.66. The van der Waals surface area contributed by atoms with Crippen LogP contribution in [0.1, 0.15) is 13.8 Å². The summed E-state index contributed by atoms with van der Waals surface area (Å²) in [6, 6.07) is 0.130. The topological polar surface area (TPSA) is 61.3 Å². The van der Waals surface area contributed by atoms with Gasteiger partial charge in [-0.2, -0.15) is 0 Å². The van der Waals surface area contributed by atoms with Crippen molar-refractivity contribution in [2.75, 3.05) is 19.8 Å². The van der Waals surface area contributed by atoms with Crippen LogP contribution in [0.25, 0.3) is 0 Å². The van der Waals surface area contributed by atoms with Crippen molar-refractivity contribution < 1.29 is 4.74 Å². The molecule has 0 aromatic carbocycles. The number of nitrogens with two attached hydrogens (primary N) is 2. The molecule has 2 atom stereocenters. The molecular weight excluding hydrogens is 128 g/mol. The fraction of sp³-hybridized carbons (Fsp3) is 1.00. The third-order valence-corrected chi connectivity index (χ3v) is 1.19. The van der Waals surface area contributed by atoms with Gasteiger partial charge in [0.1, 0.15) is 0 Å². The molecule has 0 bridgehead atoms. The Kier molecular flexibility index (Phi) is 5.58. The molecule has 4 N–H and O–H groups in total. The van der Waals surface area contributed by atoms with Crippen LogP contribution >= 0.6 is 0 Å². The SMILES string of the molecule is CC(N)COCC(C)CN. The first-order valence-electron chi connectivity index (χ1n) is 3.70. The molecule has 0 aromatic heterocycles. The monoisotopic (exact) mass is 146 g/mol. The van der Waals surface area contributed by atoms with E-state index >= 15 is 0 Å². The normalized spacial score (nSPS) is 16.8. The third-order valence-electron chi connectivity index (χ3n) is 1.19. The van der Waals surface area contributed by atoms with Crippen LogP contribution in [0.2, 0.25) is 0 Å². The van der Waals surface area contributed by atoms with Gasteiger partial charge in [-0.3, -0.25) is 0 Å². The third kappa shape index (κ3) is 6.01. The Balaban J connectivity index is 3.03. The van der Waals surface area contributed by atoms with Crippen LogP contribution in [-0.2, 0) is 4.74 Å². The minimum atomic E-state index is 0.130. The summed E-state index contributed by atoms with van der Waals surface area (Å²) in [5.74, 6) is 0.443. The molecule has 0 fully saturated rings. The summed E-state index contributed by atoms with van der Waals surface area (Å²) in [6.45, 7) is 6.01. The maximum atomic E-state index is 5.46. The largest absolute Gasteiger partial charge is 0.380 e. The molecule has 0 saturated carbocycles. The second-order valence-electron chi connectivity index (χ2n) is 2.86. The zero-order valence-electron chi connectivity index (χ0n) is 6.84. The lowest BCUT2D eigenvalue weighted by Gasteiger charge is -2.10. The molecule has 0 aliphatic rings. The van der Waals surface area contributed by atoms with Crippen LogP contribution in [0.3, 0.4) is 0 Å². The predicted molar refractivity (Wildman–Crippen MR) is 42.7 cm³/mol. The highest BCUT2D eigenvalue weighted by Gasteiger charge is 1.99. The minimum Gasteiger partial charge on any atom is -0.380 e. The van der Waals surface area contributed by atoms with E-state index in [0.29, 0.717) is 19.1 Å². The zero-order valence-corrected chi connectivity index (χ0v) is 6.84. The Bertz CT molecular complexity index is 76.0. The average Bonchev–Trinajstić information content (AvgIpc) is 1.87. The fourth-order valence-electron chi connectivity index (χ4n) is 0.523. The van der Waals surface area contributed by atoms with E-state index < -0.39 is 0 Å². The van der Waals surface area contributed by atoms with Gasteiger partial charge >= 0.3 is 0 Å². The molecular formula is C7H18N2O. The van der Waals surface area contributed by atoms with E-state index in [1.165, 1.54) is 0 Å². The standard InChI is InChI=1S/C7H18N2O/c1-6(3-8)4-10-5-7(2)9/h6-7H,3-5,8-9H2,1-2H3. The average molecular weight is 146 g/mol. The second kappa shape index (κ2) is 5.65. The van der Waals surface area contributed by atoms with E-state index in [-0.39, 0.29) is 6.04 Å². The summed E-state index contributed by atoms with van der Waals surface area (Å²) in [4.78, 5) is 0. The van der Waals surface area contributed by atoms with Crippen molar-refractivity contribution in [1.29, 1.82) is 0 Å². The minimum absolute atomic E-state index is 0.130. The maximum absolute atomic E-state index is 5.46. The molecule has 0 spiro atoms. The first-order valence-corrected chi connectivity index (χ1v) is 3.70. The van der Waals surface area contributed by atoms with Gasteiger partial charge in [-0.05, 0) is 19.4 Å². The summed E-state index contributed by atoms with van der Waals surface area (Å²) in [5, 5.41) is 0. The van der Waals surface area contributed by atoms with Gasteiger partial charge in [-0.15, -0.1) is 0 Å². The molecule has 0 saturated heterocycles. The van der Waals surface area contributed by atoms with Gasteiger partial charge in [0.05, 0.1) is 13.2 Å². The van der Waals surface area contributed by atoms with Crippen LogP contribution in [0, 0.1) is 5.92 Å². The quantitative estimate of drug-likeness (QED) is 0.571. The smallest absolute Gasteiger partial charge is 0.0614 e. The molecule has 10 heavy (non-hydrogen) atoms. The van der Waals surface area contributed by atoms with Gasteiger partial charge in [-0.1, -0.05) is 6.92 Å². The highest BCUT2D eigenvalue weighted by Crippen LogP contribution is 1.92. The molecule has 0 amide bonds. The molecule has 0 aliphatic heterocycles. The lowest BCUT2D eigenvalue weighted by atomic mass is 10.2. The van der Waals surface area contributed by atoms with Gasteiger partial charge in [-0.25, -0.2) is 0 Å². The first kappa shape index (κ1) is 9.88. The van der Waals surface area contributed by atoms with Crippen LogP contribution in [-0.4, -0.2) is 25.8 Å². The van der Waals surface area contributed by atoms with E-state index in [1.54, 1.807) is 0 Å². The van der Waals surface area contributed by atoms with Crippen molar-refractivity contribution in [3.8, 4) is 0 Å². The molecule has 3 heteroatoms. The molecule has 0 aromatic rings. The van der Waals surface area contributed by atoms with Gasteiger partial charge in [0.25, 0.3) is 0 Å². The number of rotatable bonds is 5. The molecule has 3 nitrogen and oxygen atoms in total. The van der Waals surface area contributed by atoms with E-state index in [1.807, 2.05) is 6.92 Å². The van der Waals surface area contributed by atoms with E-state index in [9.17, 15) is 0 Å². The van der Waals surface area contributed by atoms with Crippen LogP contribution in [0.4, 0.5) is 0 Å². The van der Waals surface area contributed by atoms with Crippen LogP contribution in [0.5, 0.6) is 0 Å². The summed E-state index contributed by atoms with van der Waals surface area (Å²) >= 11 is 0. The van der Waals surface area contributed by atoms with Crippen molar-refractivity contribution in [2.45, 2.75) is 19.9 Å². The molecule has 0 aliphatic carbocycles. The number of hydrogen-bond donors (Lipinski definition) is 2. The van der Waals surface area contributed by atoms with E-state index in [2.05, 4.69) is 6.92 Å². The van der Waals surface area contributed by atoms with Gasteiger partial charge in [0.15, 0.2) is 0 Å². The summed E-state index contributed by atoms with van der Waals surface area (Å²) in [5.41, 5.74) is 10.8. The van der Waals surface area contributed by atoms with Gasteiger partial charge < -0.3 is 16.2 Å². The maximum Gasteiger partial charge on any atom is 0.0614 e. The van der Waals surface area contributed by atoms with Crippen LogP contribution < -0.4 is 11.5 Å². The van der Waals surface area contributed by atoms with Gasteiger partial charge in [0.2, 0.25) is 0 Å². The fourth-order valence-corrected chi connectivity index (χ4v) is 0.523. The van der Waals surface area contributed by atoms with Gasteiger partial charge in [0, 0.05) is 6.04 Å². The van der Waals surface area contributed by atoms with Crippen molar-refractivity contribution in [2.24, 2.45) is 17.4 Å². The highest BCUT2D eigenvalue weighted by atomic mass is 16.5. The lowest BCUT2D eigenvalue weighted by Crippen LogP contribution is -2.25. The molecule has 0 heterocycles. The lowest BCUT2D eigenvalue weighted by molar-refractivity contribution is 0.0988. The summed E-state index contributed by atoms with van der Waals surface area (Å²) < 4.78 is 5.24. The van der Waals surface area contributed by atoms with Crippen LogP contribution in [0.15, 0.2) is 0 Å². The Morgan fingerprint density at radius 1 is 1.30 bits per heavy atom. The molecule has 0 rings (SSSR count). The van der Waals surface area contributed by atoms with Crippen molar-refractivity contribution in [1.82, 2.24) is 0 Å². The zero-order chi connectivity index (χ0) is 7.98. The Morgan fingerprint density at radius 2 is 1.90 bits per heavy atom. The van der Waals surface area contributed by atoms with Crippen molar-refractivity contribution >= 4 is 0 Å². The highest BCUT2D eigenvalue weighted by molar-refractivity contribution is 4.53. The molecule has 2 unspecified atom stereocenters. The summed E-state index contributed by atoms with van der Waals surface area (Å²) in [7, 11) is 0. The Hall–Kier alpha value is -0.120. The molecule has 0 radical (unpaired) electrons. The molecule has 62 valence electrons. The van der Waals surface area contributed by atoms with E-state index in [0.717, 1.165) is 6.61 Å². The number of ether oxygens (including phenoxy) is 1. The van der Waals surface area contributed by atoms with E-state index in [4.69, 9.17) is 16.2 Å².